The Morgan fingerprint density at radius 1 is 1.23 bits per heavy atom. The number of carbonyl (C=O) groups excluding carboxylic acids is 2. The second-order valence-electron chi connectivity index (χ2n) is 6.81. The minimum absolute atomic E-state index is 0.0116. The lowest BCUT2D eigenvalue weighted by Crippen LogP contribution is -2.43. The molecule has 1 atom stereocenters. The van der Waals surface area contributed by atoms with Crippen molar-refractivity contribution in [2.45, 2.75) is 38.6 Å². The van der Waals surface area contributed by atoms with Crippen LogP contribution >= 0.6 is 23.2 Å². The second kappa shape index (κ2) is 9.09. The first-order valence-corrected chi connectivity index (χ1v) is 11.3. The molecule has 1 unspecified atom stereocenters. The van der Waals surface area contributed by atoms with Crippen molar-refractivity contribution in [3.8, 4) is 0 Å². The molecular weight excluding hydrogens is 451 g/mol. The van der Waals surface area contributed by atoms with Crippen molar-refractivity contribution in [1.82, 2.24) is 8.87 Å². The lowest BCUT2D eigenvalue weighted by molar-refractivity contribution is 0.0588. The maximum absolute atomic E-state index is 13.4. The number of Topliss-reactive ketones (excluding diaryl/α,β-unsaturated/α-hetero) is 1. The van der Waals surface area contributed by atoms with Gasteiger partial charge in [-0.15, -0.1) is 0 Å². The molecule has 2 rings (SSSR count). The highest BCUT2D eigenvalue weighted by Gasteiger charge is 2.36. The van der Waals surface area contributed by atoms with Crippen LogP contribution in [0.2, 0.25) is 10.0 Å². The van der Waals surface area contributed by atoms with E-state index in [1.807, 2.05) is 0 Å². The molecule has 0 saturated carbocycles. The molecule has 0 spiro atoms. The van der Waals surface area contributed by atoms with E-state index in [-0.39, 0.29) is 32.7 Å². The third kappa shape index (κ3) is 4.14. The van der Waals surface area contributed by atoms with E-state index >= 15 is 0 Å². The topological polar surface area (TPSA) is 85.7 Å². The minimum atomic E-state index is -4.11. The van der Waals surface area contributed by atoms with Crippen LogP contribution in [0.5, 0.6) is 0 Å². The summed E-state index contributed by atoms with van der Waals surface area (Å²) in [7, 11) is -1.20. The Bertz CT molecular complexity index is 1110. The molecule has 10 heteroatoms. The fourth-order valence-electron chi connectivity index (χ4n) is 3.52. The van der Waals surface area contributed by atoms with Gasteiger partial charge in [-0.25, -0.2) is 13.2 Å². The Morgan fingerprint density at radius 3 is 2.37 bits per heavy atom. The molecule has 1 heterocycles. The molecule has 1 aromatic carbocycles. The van der Waals surface area contributed by atoms with E-state index in [1.165, 1.54) is 32.2 Å². The van der Waals surface area contributed by atoms with Crippen molar-refractivity contribution in [2.24, 2.45) is 7.05 Å². The summed E-state index contributed by atoms with van der Waals surface area (Å²) >= 11 is 12.1. The van der Waals surface area contributed by atoms with E-state index in [9.17, 15) is 18.0 Å². The number of benzene rings is 1. The van der Waals surface area contributed by atoms with Crippen LogP contribution in [0.3, 0.4) is 0 Å². The summed E-state index contributed by atoms with van der Waals surface area (Å²) in [6.07, 6.45) is 0. The number of hydrogen-bond acceptors (Lipinski definition) is 5. The normalized spacial score (nSPS) is 12.8. The summed E-state index contributed by atoms with van der Waals surface area (Å²) in [5.74, 6) is -1.00. The fraction of sp³-hybridized carbons (Fsp3) is 0.400. The number of ether oxygens (including phenoxy) is 1. The van der Waals surface area contributed by atoms with Gasteiger partial charge in [-0.2, -0.15) is 4.31 Å². The van der Waals surface area contributed by atoms with E-state index < -0.39 is 27.8 Å². The molecule has 30 heavy (non-hydrogen) atoms. The third-order valence-corrected chi connectivity index (χ3v) is 7.92. The van der Waals surface area contributed by atoms with Crippen molar-refractivity contribution < 1.29 is 22.7 Å². The highest BCUT2D eigenvalue weighted by Crippen LogP contribution is 2.30. The van der Waals surface area contributed by atoms with E-state index in [2.05, 4.69) is 0 Å². The van der Waals surface area contributed by atoms with Crippen molar-refractivity contribution >= 4 is 45.0 Å². The number of nitrogens with zero attached hydrogens (tertiary/aromatic N) is 2. The van der Waals surface area contributed by atoms with Crippen LogP contribution in [-0.2, 0) is 21.8 Å². The van der Waals surface area contributed by atoms with Crippen molar-refractivity contribution in [3.05, 3.63) is 50.8 Å². The first-order chi connectivity index (χ1) is 13.9. The molecule has 2 aromatic rings. The smallest absolute Gasteiger partial charge is 0.354 e. The van der Waals surface area contributed by atoms with Crippen LogP contribution in [0, 0.1) is 13.8 Å². The molecule has 164 valence electrons. The van der Waals surface area contributed by atoms with Crippen LogP contribution in [0.25, 0.3) is 0 Å². The summed E-state index contributed by atoms with van der Waals surface area (Å²) in [4.78, 5) is 25.3. The maximum atomic E-state index is 13.4. The van der Waals surface area contributed by atoms with Gasteiger partial charge in [0.25, 0.3) is 0 Å². The zero-order valence-electron chi connectivity index (χ0n) is 17.6. The predicted octanol–water partition coefficient (Wildman–Crippen LogP) is 4.02. The van der Waals surface area contributed by atoms with E-state index in [1.54, 1.807) is 32.4 Å². The van der Waals surface area contributed by atoms with Crippen molar-refractivity contribution in [1.29, 1.82) is 0 Å². The van der Waals surface area contributed by atoms with E-state index in [0.29, 0.717) is 11.3 Å². The summed E-state index contributed by atoms with van der Waals surface area (Å²) in [5, 5.41) is 0.225. The number of sulfonamides is 1. The van der Waals surface area contributed by atoms with E-state index in [4.69, 9.17) is 27.9 Å². The SMILES string of the molecule is CCN(C(C)C(=O)c1c(C)c(C(=O)OC)n(C)c1C)S(=O)(=O)c1cc(Cl)ccc1Cl. The average Bonchev–Trinajstić information content (AvgIpc) is 2.91. The van der Waals surface area contributed by atoms with Gasteiger partial charge in [0.1, 0.15) is 10.6 Å². The number of hydrogen-bond donors (Lipinski definition) is 0. The van der Waals surface area contributed by atoms with Gasteiger partial charge in [-0.1, -0.05) is 30.1 Å². The molecule has 1 aromatic heterocycles. The number of rotatable bonds is 7. The molecule has 0 bridgehead atoms. The maximum Gasteiger partial charge on any atom is 0.354 e. The number of methoxy groups -OCH3 is 1. The molecule has 0 aliphatic rings. The number of likely N-dealkylation sites (N-methyl/N-ethyl adjacent to an activating group) is 1. The summed E-state index contributed by atoms with van der Waals surface area (Å²) in [6.45, 7) is 6.50. The zero-order chi connectivity index (χ0) is 23.0. The fourth-order valence-corrected chi connectivity index (χ4v) is 5.86. The van der Waals surface area contributed by atoms with Crippen molar-refractivity contribution in [2.75, 3.05) is 13.7 Å². The summed E-state index contributed by atoms with van der Waals surface area (Å²) in [6, 6.07) is 3.10. The first-order valence-electron chi connectivity index (χ1n) is 9.15. The Balaban J connectivity index is 2.56. The molecule has 0 aliphatic carbocycles. The van der Waals surface area contributed by atoms with Gasteiger partial charge in [0.05, 0.1) is 18.2 Å². The quantitative estimate of drug-likeness (QED) is 0.446. The lowest BCUT2D eigenvalue weighted by Gasteiger charge is -2.27. The monoisotopic (exact) mass is 474 g/mol. The number of esters is 1. The third-order valence-electron chi connectivity index (χ3n) is 5.16. The van der Waals surface area contributed by atoms with Gasteiger partial charge in [-0.05, 0) is 44.5 Å². The van der Waals surface area contributed by atoms with Gasteiger partial charge < -0.3 is 9.30 Å². The largest absolute Gasteiger partial charge is 0.464 e. The van der Waals surface area contributed by atoms with Gasteiger partial charge in [0.2, 0.25) is 10.0 Å². The van der Waals surface area contributed by atoms with Crippen LogP contribution in [0.1, 0.15) is 46.0 Å². The molecule has 0 amide bonds. The molecule has 0 fully saturated rings. The van der Waals surface area contributed by atoms with Gasteiger partial charge in [0, 0.05) is 29.9 Å². The number of halogens is 2. The number of ketones is 1. The summed E-state index contributed by atoms with van der Waals surface area (Å²) in [5.41, 5.74) is 1.51. The van der Waals surface area contributed by atoms with Crippen LogP contribution in [0.15, 0.2) is 23.1 Å². The second-order valence-corrected chi connectivity index (χ2v) is 9.51. The highest BCUT2D eigenvalue weighted by molar-refractivity contribution is 7.89. The minimum Gasteiger partial charge on any atom is -0.464 e. The van der Waals surface area contributed by atoms with Crippen LogP contribution < -0.4 is 0 Å². The molecule has 0 radical (unpaired) electrons. The predicted molar refractivity (Wildman–Crippen MR) is 116 cm³/mol. The Morgan fingerprint density at radius 2 is 1.83 bits per heavy atom. The number of aromatic nitrogens is 1. The van der Waals surface area contributed by atoms with E-state index in [0.717, 1.165) is 4.31 Å². The van der Waals surface area contributed by atoms with Crippen molar-refractivity contribution in [3.63, 3.8) is 0 Å². The van der Waals surface area contributed by atoms with Gasteiger partial charge in [0.15, 0.2) is 5.78 Å². The average molecular weight is 475 g/mol. The van der Waals surface area contributed by atoms with Gasteiger partial charge in [-0.3, -0.25) is 4.79 Å². The zero-order valence-corrected chi connectivity index (χ0v) is 19.9. The van der Waals surface area contributed by atoms with Gasteiger partial charge >= 0.3 is 5.97 Å². The Labute approximate surface area is 186 Å². The standard InChI is InChI=1S/C20H24Cl2N2O5S/c1-7-24(30(27,28)16-10-14(21)8-9-15(16)22)13(4)19(25)17-11(2)18(20(26)29-6)23(5)12(17)3/h8-10,13H,7H2,1-6H3. The summed E-state index contributed by atoms with van der Waals surface area (Å²) < 4.78 is 34.0. The van der Waals surface area contributed by atoms with Crippen LogP contribution in [0.4, 0.5) is 0 Å². The highest BCUT2D eigenvalue weighted by atomic mass is 35.5. The Kier molecular flexibility index (Phi) is 7.40. The Hall–Kier alpha value is -1.87. The first kappa shape index (κ1) is 24.4. The molecule has 0 aliphatic heterocycles. The molecule has 0 saturated heterocycles. The molecular formula is C20H24Cl2N2O5S. The molecule has 0 N–H and O–H groups in total. The van der Waals surface area contributed by atoms with Crippen LogP contribution in [-0.4, -0.2) is 48.7 Å². The molecule has 7 nitrogen and oxygen atoms in total. The number of carbonyl (C=O) groups is 2. The lowest BCUT2D eigenvalue weighted by atomic mass is 10.0.